The lowest BCUT2D eigenvalue weighted by atomic mass is 10.7. The monoisotopic (exact) mass is 128 g/mol. The van der Waals surface area contributed by atoms with Crippen LogP contribution in [0.5, 0.6) is 0 Å². The highest BCUT2D eigenvalue weighted by Gasteiger charge is 1.88. The first-order valence-electron chi connectivity index (χ1n) is 2.35. The van der Waals surface area contributed by atoms with Gasteiger partial charge in [-0.15, -0.1) is 11.8 Å². The molecule has 1 aromatic heterocycles. The molecule has 1 heterocycles. The van der Waals surface area contributed by atoms with E-state index in [-0.39, 0.29) is 0 Å². The van der Waals surface area contributed by atoms with Crippen molar-refractivity contribution in [2.24, 2.45) is 7.05 Å². The molecule has 0 N–H and O–H groups in total. The van der Waals surface area contributed by atoms with Crippen LogP contribution in [0.25, 0.3) is 0 Å². The zero-order chi connectivity index (χ0) is 5.98. The van der Waals surface area contributed by atoms with Gasteiger partial charge < -0.3 is 0 Å². The van der Waals surface area contributed by atoms with Crippen LogP contribution in [-0.4, -0.2) is 16.0 Å². The number of nitrogens with zero attached hydrogens (tertiary/aromatic N) is 2. The molecule has 0 aliphatic rings. The van der Waals surface area contributed by atoms with Crippen molar-refractivity contribution in [2.75, 3.05) is 6.26 Å². The highest BCUT2D eigenvalue weighted by atomic mass is 32.2. The minimum atomic E-state index is 1.22. The maximum absolute atomic E-state index is 3.98. The van der Waals surface area contributed by atoms with Crippen molar-refractivity contribution in [2.45, 2.75) is 4.90 Å². The van der Waals surface area contributed by atoms with Crippen molar-refractivity contribution in [3.8, 4) is 0 Å². The summed E-state index contributed by atoms with van der Waals surface area (Å²) in [5.41, 5.74) is 0. The number of thioether (sulfide) groups is 1. The summed E-state index contributed by atoms with van der Waals surface area (Å²) < 4.78 is 1.80. The maximum atomic E-state index is 3.98. The Balaban J connectivity index is 2.84. The summed E-state index contributed by atoms with van der Waals surface area (Å²) >= 11 is 1.71. The summed E-state index contributed by atoms with van der Waals surface area (Å²) in [6.07, 6.45) is 5.88. The Morgan fingerprint density at radius 2 is 2.50 bits per heavy atom. The van der Waals surface area contributed by atoms with Gasteiger partial charge in [0, 0.05) is 18.1 Å². The second-order valence-corrected chi connectivity index (χ2v) is 2.43. The maximum Gasteiger partial charge on any atom is 0.0625 e. The van der Waals surface area contributed by atoms with Crippen LogP contribution in [0.1, 0.15) is 0 Å². The molecule has 0 unspecified atom stereocenters. The molecule has 8 heavy (non-hydrogen) atoms. The van der Waals surface area contributed by atoms with E-state index < -0.39 is 0 Å². The van der Waals surface area contributed by atoms with Crippen LogP contribution >= 0.6 is 11.8 Å². The molecule has 0 saturated carbocycles. The Labute approximate surface area is 52.9 Å². The summed E-state index contributed by atoms with van der Waals surface area (Å²) in [4.78, 5) is 1.22. The molecule has 0 amide bonds. The lowest BCUT2D eigenvalue weighted by molar-refractivity contribution is 0.766. The smallest absolute Gasteiger partial charge is 0.0625 e. The van der Waals surface area contributed by atoms with Crippen molar-refractivity contribution in [3.05, 3.63) is 12.4 Å². The van der Waals surface area contributed by atoms with Gasteiger partial charge in [-0.25, -0.2) is 0 Å². The molecule has 0 atom stereocenters. The van der Waals surface area contributed by atoms with E-state index in [0.717, 1.165) is 0 Å². The number of hydrogen-bond acceptors (Lipinski definition) is 2. The van der Waals surface area contributed by atoms with Crippen LogP contribution in [0.2, 0.25) is 0 Å². The molecule has 3 heteroatoms. The van der Waals surface area contributed by atoms with Crippen molar-refractivity contribution in [3.63, 3.8) is 0 Å². The van der Waals surface area contributed by atoms with Gasteiger partial charge in [0.05, 0.1) is 6.20 Å². The van der Waals surface area contributed by atoms with Gasteiger partial charge in [-0.2, -0.15) is 5.10 Å². The van der Waals surface area contributed by atoms with E-state index in [1.165, 1.54) is 4.90 Å². The summed E-state index contributed by atoms with van der Waals surface area (Å²) in [6, 6.07) is 0. The molecule has 0 aromatic carbocycles. The fourth-order valence-corrected chi connectivity index (χ4v) is 0.915. The van der Waals surface area contributed by atoms with Crippen molar-refractivity contribution in [1.29, 1.82) is 0 Å². The Bertz CT molecular complexity index is 171. The van der Waals surface area contributed by atoms with Crippen LogP contribution in [0.15, 0.2) is 17.3 Å². The number of aryl methyl sites for hydroxylation is 1. The van der Waals surface area contributed by atoms with Crippen LogP contribution in [0.4, 0.5) is 0 Å². The molecule has 0 saturated heterocycles. The van der Waals surface area contributed by atoms with E-state index in [9.17, 15) is 0 Å². The Kier molecular flexibility index (Phi) is 1.58. The average molecular weight is 128 g/mol. The van der Waals surface area contributed by atoms with E-state index in [0.29, 0.717) is 0 Å². The van der Waals surface area contributed by atoms with Crippen LogP contribution in [-0.2, 0) is 7.05 Å². The molecular formula is C5H8N2S. The van der Waals surface area contributed by atoms with E-state index >= 15 is 0 Å². The summed E-state index contributed by atoms with van der Waals surface area (Å²) in [5, 5.41) is 3.98. The van der Waals surface area contributed by atoms with Gasteiger partial charge in [0.15, 0.2) is 0 Å². The van der Waals surface area contributed by atoms with Crippen molar-refractivity contribution in [1.82, 2.24) is 9.78 Å². The summed E-state index contributed by atoms with van der Waals surface area (Å²) in [6.45, 7) is 0. The number of aromatic nitrogens is 2. The predicted octanol–water partition coefficient (Wildman–Crippen LogP) is 1.14. The first-order chi connectivity index (χ1) is 3.83. The third kappa shape index (κ3) is 1.04. The van der Waals surface area contributed by atoms with Crippen LogP contribution in [0, 0.1) is 0 Å². The molecule has 0 spiro atoms. The van der Waals surface area contributed by atoms with Gasteiger partial charge >= 0.3 is 0 Å². The lowest BCUT2D eigenvalue weighted by Gasteiger charge is -1.81. The molecule has 0 aliphatic carbocycles. The number of rotatable bonds is 1. The van der Waals surface area contributed by atoms with Gasteiger partial charge in [0.1, 0.15) is 0 Å². The zero-order valence-electron chi connectivity index (χ0n) is 4.96. The topological polar surface area (TPSA) is 17.8 Å². The third-order valence-electron chi connectivity index (χ3n) is 0.917. The standard InChI is InChI=1S/C5H8N2S/c1-7-4-5(8-2)3-6-7/h3-4H,1-2H3. The zero-order valence-corrected chi connectivity index (χ0v) is 5.77. The minimum absolute atomic E-state index is 1.22. The van der Waals surface area contributed by atoms with Gasteiger partial charge in [-0.1, -0.05) is 0 Å². The first kappa shape index (κ1) is 5.69. The second-order valence-electron chi connectivity index (χ2n) is 1.55. The SMILES string of the molecule is CSc1cnn(C)c1. The molecule has 0 bridgehead atoms. The molecular weight excluding hydrogens is 120 g/mol. The first-order valence-corrected chi connectivity index (χ1v) is 3.58. The van der Waals surface area contributed by atoms with E-state index in [1.807, 2.05) is 25.7 Å². The molecule has 1 rings (SSSR count). The summed E-state index contributed by atoms with van der Waals surface area (Å²) in [5.74, 6) is 0. The van der Waals surface area contributed by atoms with E-state index in [4.69, 9.17) is 0 Å². The average Bonchev–Trinajstić information content (AvgIpc) is 2.14. The third-order valence-corrected chi connectivity index (χ3v) is 1.60. The molecule has 0 fully saturated rings. The van der Waals surface area contributed by atoms with Gasteiger partial charge in [-0.05, 0) is 6.26 Å². The van der Waals surface area contributed by atoms with Gasteiger partial charge in [0.25, 0.3) is 0 Å². The number of hydrogen-bond donors (Lipinski definition) is 0. The fraction of sp³-hybridized carbons (Fsp3) is 0.400. The molecule has 0 aliphatic heterocycles. The van der Waals surface area contributed by atoms with Crippen LogP contribution < -0.4 is 0 Å². The lowest BCUT2D eigenvalue weighted by Crippen LogP contribution is -1.83. The van der Waals surface area contributed by atoms with Crippen molar-refractivity contribution < 1.29 is 0 Å². The summed E-state index contributed by atoms with van der Waals surface area (Å²) in [7, 11) is 1.92. The van der Waals surface area contributed by atoms with Crippen LogP contribution in [0.3, 0.4) is 0 Å². The van der Waals surface area contributed by atoms with E-state index in [2.05, 4.69) is 5.10 Å². The Morgan fingerprint density at radius 3 is 2.75 bits per heavy atom. The molecule has 2 nitrogen and oxygen atoms in total. The molecule has 1 aromatic rings. The largest absolute Gasteiger partial charge is 0.275 e. The Morgan fingerprint density at radius 1 is 1.75 bits per heavy atom. The normalized spacial score (nSPS) is 9.75. The molecule has 0 radical (unpaired) electrons. The highest BCUT2D eigenvalue weighted by molar-refractivity contribution is 7.98. The molecule has 44 valence electrons. The Hall–Kier alpha value is -0.440. The highest BCUT2D eigenvalue weighted by Crippen LogP contribution is 2.10. The van der Waals surface area contributed by atoms with E-state index in [1.54, 1.807) is 16.4 Å². The second kappa shape index (κ2) is 2.22. The van der Waals surface area contributed by atoms with Gasteiger partial charge in [-0.3, -0.25) is 4.68 Å². The van der Waals surface area contributed by atoms with Crippen molar-refractivity contribution >= 4 is 11.8 Å². The predicted molar refractivity (Wildman–Crippen MR) is 35.0 cm³/mol. The fourth-order valence-electron chi connectivity index (χ4n) is 0.504. The minimum Gasteiger partial charge on any atom is -0.275 e. The van der Waals surface area contributed by atoms with Gasteiger partial charge in [0.2, 0.25) is 0 Å². The quantitative estimate of drug-likeness (QED) is 0.528.